The molecule has 7 heteroatoms. The highest BCUT2D eigenvalue weighted by Crippen LogP contribution is 2.78. The van der Waals surface area contributed by atoms with Crippen molar-refractivity contribution >= 4 is 17.6 Å². The third-order valence-electron chi connectivity index (χ3n) is 19.0. The molecule has 0 bridgehead atoms. The lowest BCUT2D eigenvalue weighted by atomic mass is 9.32. The summed E-state index contributed by atoms with van der Waals surface area (Å²) in [6.07, 6.45) is 17.8. The third-order valence-corrected chi connectivity index (χ3v) is 19.3. The first kappa shape index (κ1) is 44.3. The molecule has 7 rings (SSSR count). The molecule has 0 spiro atoms. The molecule has 0 amide bonds. The summed E-state index contributed by atoms with van der Waals surface area (Å²) < 4.78 is 14.0. The lowest BCUT2D eigenvalue weighted by Crippen LogP contribution is -2.66. The number of fused-ring (bicyclic) bond motifs is 7. The number of carbonyl (C=O) groups is 1. The molecule has 0 aromatic heterocycles. The van der Waals surface area contributed by atoms with Gasteiger partial charge in [0, 0.05) is 36.6 Å². The quantitative estimate of drug-likeness (QED) is 0.208. The van der Waals surface area contributed by atoms with E-state index in [9.17, 15) is 19.4 Å². The van der Waals surface area contributed by atoms with Crippen LogP contribution in [0.5, 0.6) is 0 Å². The molecule has 0 aliphatic heterocycles. The van der Waals surface area contributed by atoms with Crippen molar-refractivity contribution in [3.8, 4) is 0 Å². The normalized spacial score (nSPS) is 39.3. The van der Waals surface area contributed by atoms with Crippen molar-refractivity contribution in [1.82, 2.24) is 9.80 Å². The van der Waals surface area contributed by atoms with E-state index in [1.807, 2.05) is 12.1 Å². The maximum Gasteiger partial charge on any atom is 0.309 e. The summed E-state index contributed by atoms with van der Waals surface area (Å²) in [5.74, 6) is 1.39. The van der Waals surface area contributed by atoms with E-state index in [-0.39, 0.29) is 39.1 Å². The van der Waals surface area contributed by atoms with Gasteiger partial charge in [0.1, 0.15) is 6.67 Å². The third kappa shape index (κ3) is 7.40. The minimum Gasteiger partial charge on any atom is -0.481 e. The molecule has 58 heavy (non-hydrogen) atoms. The summed E-state index contributed by atoms with van der Waals surface area (Å²) in [7, 11) is 4.28. The molecule has 2 N–H and O–H groups in total. The monoisotopic (exact) mass is 821 g/mol. The number of aliphatic carboxylic acids is 1. The number of allylic oxidation sites excluding steroid dienone is 4. The molecular formula is C51H78ClFN2O3. The fraction of sp³-hybridized carbons (Fsp3) is 0.784. The number of rotatable bonds is 13. The number of aliphatic hydroxyl groups is 1. The molecule has 1 aromatic rings. The number of alkyl halides is 1. The van der Waals surface area contributed by atoms with E-state index < -0.39 is 18.6 Å². The molecule has 0 heterocycles. The van der Waals surface area contributed by atoms with Crippen LogP contribution in [0.15, 0.2) is 47.6 Å². The molecule has 0 radical (unpaired) electrons. The second-order valence-electron chi connectivity index (χ2n) is 22.4. The second kappa shape index (κ2) is 16.5. The Labute approximate surface area is 356 Å². The maximum atomic E-state index is 14.0. The summed E-state index contributed by atoms with van der Waals surface area (Å²) in [5.41, 5.74) is 4.51. The van der Waals surface area contributed by atoms with Crippen LogP contribution < -0.4 is 0 Å². The molecular weight excluding hydrogens is 743 g/mol. The number of carboxylic acids is 1. The number of hydrogen-bond acceptors (Lipinski definition) is 4. The van der Waals surface area contributed by atoms with Gasteiger partial charge in [0.05, 0.1) is 12.0 Å². The van der Waals surface area contributed by atoms with Crippen LogP contribution in [0, 0.1) is 74.4 Å². The van der Waals surface area contributed by atoms with Crippen LogP contribution >= 0.6 is 11.6 Å². The number of benzene rings is 1. The van der Waals surface area contributed by atoms with Crippen molar-refractivity contribution in [3.63, 3.8) is 0 Å². The van der Waals surface area contributed by atoms with Crippen LogP contribution in [0.25, 0.3) is 0 Å². The molecule has 0 saturated heterocycles. The Balaban J connectivity index is 1.17. The topological polar surface area (TPSA) is 64.0 Å². The highest BCUT2D eigenvalue weighted by molar-refractivity contribution is 6.30. The van der Waals surface area contributed by atoms with E-state index in [0.29, 0.717) is 42.1 Å². The average molecular weight is 822 g/mol. The zero-order chi connectivity index (χ0) is 42.0. The Morgan fingerprint density at radius 2 is 1.64 bits per heavy atom. The van der Waals surface area contributed by atoms with E-state index in [0.717, 1.165) is 63.2 Å². The van der Waals surface area contributed by atoms with Crippen LogP contribution in [0.3, 0.4) is 0 Å². The van der Waals surface area contributed by atoms with Gasteiger partial charge in [-0.1, -0.05) is 84.4 Å². The Bertz CT molecular complexity index is 1710. The van der Waals surface area contributed by atoms with Crippen LogP contribution in [-0.4, -0.2) is 72.5 Å². The number of carboxylic acid groups (broad SMARTS) is 1. The number of halogens is 2. The van der Waals surface area contributed by atoms with E-state index in [1.165, 1.54) is 55.2 Å². The van der Waals surface area contributed by atoms with Crippen molar-refractivity contribution in [1.29, 1.82) is 0 Å². The molecule has 5 nitrogen and oxygen atoms in total. The van der Waals surface area contributed by atoms with Gasteiger partial charge in [0.15, 0.2) is 0 Å². The largest absolute Gasteiger partial charge is 0.481 e. The molecule has 4 fully saturated rings. The molecule has 6 aliphatic rings. The predicted octanol–water partition coefficient (Wildman–Crippen LogP) is 11.7. The van der Waals surface area contributed by atoms with Gasteiger partial charge in [-0.15, -0.1) is 0 Å². The predicted molar refractivity (Wildman–Crippen MR) is 236 cm³/mol. The van der Waals surface area contributed by atoms with Gasteiger partial charge < -0.3 is 15.1 Å². The first-order valence-corrected chi connectivity index (χ1v) is 23.7. The molecule has 2 unspecified atom stereocenters. The fourth-order valence-electron chi connectivity index (χ4n) is 15.9. The lowest BCUT2D eigenvalue weighted by Gasteiger charge is -2.73. The Kier molecular flexibility index (Phi) is 12.6. The Hall–Kier alpha value is -1.73. The summed E-state index contributed by atoms with van der Waals surface area (Å²) in [6, 6.07) is 8.26. The van der Waals surface area contributed by atoms with Crippen LogP contribution in [0.4, 0.5) is 4.39 Å². The van der Waals surface area contributed by atoms with Crippen molar-refractivity contribution in [2.24, 2.45) is 74.4 Å². The number of nitrogens with zero attached hydrogens (tertiary/aromatic N) is 2. The summed E-state index contributed by atoms with van der Waals surface area (Å²) in [6.45, 7) is 20.6. The van der Waals surface area contributed by atoms with Crippen molar-refractivity contribution in [3.05, 3.63) is 58.1 Å². The Morgan fingerprint density at radius 1 is 0.914 bits per heavy atom. The van der Waals surface area contributed by atoms with E-state index in [1.54, 1.807) is 0 Å². The summed E-state index contributed by atoms with van der Waals surface area (Å²) in [4.78, 5) is 16.7. The molecule has 4 saturated carbocycles. The zero-order valence-electron chi connectivity index (χ0n) is 37.6. The highest BCUT2D eigenvalue weighted by Gasteiger charge is 2.71. The van der Waals surface area contributed by atoms with Crippen LogP contribution in [0.2, 0.25) is 5.02 Å². The number of hydrogen-bond donors (Lipinski definition) is 2. The smallest absolute Gasteiger partial charge is 0.309 e. The molecule has 1 aromatic carbocycles. The van der Waals surface area contributed by atoms with E-state index >= 15 is 0 Å². The van der Waals surface area contributed by atoms with Gasteiger partial charge in [-0.3, -0.25) is 14.1 Å². The van der Waals surface area contributed by atoms with Crippen molar-refractivity contribution < 1.29 is 19.4 Å². The van der Waals surface area contributed by atoms with Crippen molar-refractivity contribution in [2.45, 2.75) is 138 Å². The minimum atomic E-state index is -1.01. The van der Waals surface area contributed by atoms with Gasteiger partial charge in [-0.05, 0) is 183 Å². The number of aliphatic hydroxyl groups excluding tert-OH is 1. The van der Waals surface area contributed by atoms with E-state index in [4.69, 9.17) is 11.6 Å². The summed E-state index contributed by atoms with van der Waals surface area (Å²) >= 11 is 6.28. The lowest BCUT2D eigenvalue weighted by molar-refractivity contribution is -0.239. The minimum absolute atomic E-state index is 0.0290. The molecule has 6 aliphatic carbocycles. The van der Waals surface area contributed by atoms with Crippen LogP contribution in [0.1, 0.15) is 131 Å². The first-order valence-electron chi connectivity index (χ1n) is 23.3. The average Bonchev–Trinajstić information content (AvgIpc) is 3.56. The Morgan fingerprint density at radius 3 is 2.29 bits per heavy atom. The van der Waals surface area contributed by atoms with Gasteiger partial charge >= 0.3 is 5.97 Å². The standard InChI is InChI=1S/C51H78ClFN2O3/c1-33(2)38-19-24-51(44(56)32-55(28-27-54(8)9)31-34-13-15-37(52)16-14-34)26-25-49(6)41(45(38)51)17-18-43-48(5)22-20-40(47(3,4)42(48)21-23-50(43,49)7)36-12-10-11-35(29-36)39(30-53)46(57)58/h13-16,20,29,33,35,38-39,41-45,56H,10-12,17-19,21-28,30-32H2,1-9H3,(H,57,58)/t35?,38-,39?,41+,42-,43+,44+,45+,48-,49+,50+,51+/m0/s1. The van der Waals surface area contributed by atoms with Gasteiger partial charge in [0.25, 0.3) is 0 Å². The zero-order valence-corrected chi connectivity index (χ0v) is 38.4. The van der Waals surface area contributed by atoms with Gasteiger partial charge in [-0.25, -0.2) is 0 Å². The number of likely N-dealkylation sites (N-methyl/N-ethyl adjacent to an activating group) is 1. The fourth-order valence-corrected chi connectivity index (χ4v) is 16.0. The van der Waals surface area contributed by atoms with Gasteiger partial charge in [0.2, 0.25) is 0 Å². The SMILES string of the molecule is CC(C)[C@@H]1CC[C@]2([C@H](O)CN(CCN(C)C)Cc3ccc(Cl)cc3)CC[C@]3(C)[C@H](CC[C@@H]4[C@@]5(C)CC=C(C6=CC(C(CF)C(=O)O)CCC6)C(C)(C)[C@@H]5CC[C@]43C)[C@@H]12. The maximum absolute atomic E-state index is 14.0. The van der Waals surface area contributed by atoms with E-state index in [2.05, 4.69) is 96.6 Å². The highest BCUT2D eigenvalue weighted by atomic mass is 35.5. The first-order chi connectivity index (χ1) is 27.3. The van der Waals surface area contributed by atoms with Crippen molar-refractivity contribution in [2.75, 3.05) is 40.4 Å². The van der Waals surface area contributed by atoms with Gasteiger partial charge in [-0.2, -0.15) is 0 Å². The van der Waals surface area contributed by atoms with Crippen LogP contribution in [-0.2, 0) is 11.3 Å². The molecule has 12 atom stereocenters. The summed E-state index contributed by atoms with van der Waals surface area (Å²) in [5, 5.41) is 23.4. The second-order valence-corrected chi connectivity index (χ2v) is 22.9. The molecule has 324 valence electrons.